The van der Waals surface area contributed by atoms with E-state index in [0.29, 0.717) is 6.42 Å². The van der Waals surface area contributed by atoms with Gasteiger partial charge in [-0.2, -0.15) is 0 Å². The molecule has 1 saturated carbocycles. The van der Waals surface area contributed by atoms with E-state index in [2.05, 4.69) is 29.6 Å². The third kappa shape index (κ3) is 4.61. The minimum absolute atomic E-state index is 0.0533. The molecule has 0 aliphatic heterocycles. The monoisotopic (exact) mass is 436 g/mol. The summed E-state index contributed by atoms with van der Waals surface area (Å²) >= 11 is 0. The van der Waals surface area contributed by atoms with E-state index < -0.39 is 18.1 Å². The molecule has 4 rings (SSSR count). The number of aliphatic carboxylic acids is 1. The molecule has 32 heavy (non-hydrogen) atoms. The molecule has 2 aliphatic rings. The van der Waals surface area contributed by atoms with E-state index in [1.807, 2.05) is 31.2 Å². The molecule has 0 bridgehead atoms. The van der Waals surface area contributed by atoms with E-state index in [9.17, 15) is 14.4 Å². The highest BCUT2D eigenvalue weighted by Gasteiger charge is 2.36. The van der Waals surface area contributed by atoms with Crippen molar-refractivity contribution in [2.24, 2.45) is 0 Å². The van der Waals surface area contributed by atoms with E-state index in [1.165, 1.54) is 0 Å². The Kier molecular flexibility index (Phi) is 6.44. The summed E-state index contributed by atoms with van der Waals surface area (Å²) in [6, 6.07) is 15.5. The first-order valence-corrected chi connectivity index (χ1v) is 11.1. The number of carbonyl (C=O) groups excluding carboxylic acids is 2. The van der Waals surface area contributed by atoms with Crippen molar-refractivity contribution >= 4 is 18.0 Å². The summed E-state index contributed by atoms with van der Waals surface area (Å²) in [6.07, 6.45) is 1.39. The van der Waals surface area contributed by atoms with Gasteiger partial charge in [0.05, 0.1) is 6.42 Å². The zero-order chi connectivity index (χ0) is 22.7. The van der Waals surface area contributed by atoms with Gasteiger partial charge in [0.1, 0.15) is 12.6 Å². The van der Waals surface area contributed by atoms with Gasteiger partial charge in [-0.05, 0) is 41.5 Å². The minimum atomic E-state index is -0.944. The van der Waals surface area contributed by atoms with Crippen LogP contribution in [0.4, 0.5) is 4.79 Å². The predicted molar refractivity (Wildman–Crippen MR) is 119 cm³/mol. The fraction of sp³-hybridized carbons (Fsp3) is 0.400. The topological polar surface area (TPSA) is 95.9 Å². The Morgan fingerprint density at radius 3 is 2.19 bits per heavy atom. The van der Waals surface area contributed by atoms with Crippen LogP contribution in [0.1, 0.15) is 49.7 Å². The van der Waals surface area contributed by atoms with Gasteiger partial charge in [0.2, 0.25) is 5.91 Å². The zero-order valence-electron chi connectivity index (χ0n) is 18.1. The second-order valence-electron chi connectivity index (χ2n) is 8.34. The molecule has 168 valence electrons. The Labute approximate surface area is 187 Å². The highest BCUT2D eigenvalue weighted by molar-refractivity contribution is 5.86. The Morgan fingerprint density at radius 2 is 1.66 bits per heavy atom. The molecule has 7 heteroatoms. The fourth-order valence-electron chi connectivity index (χ4n) is 4.40. The average molecular weight is 437 g/mol. The Balaban J connectivity index is 1.39. The lowest BCUT2D eigenvalue weighted by Crippen LogP contribution is -2.49. The lowest BCUT2D eigenvalue weighted by atomic mass is 9.98. The summed E-state index contributed by atoms with van der Waals surface area (Å²) in [5.74, 6) is -1.24. The number of benzene rings is 2. The lowest BCUT2D eigenvalue weighted by Gasteiger charge is -2.27. The lowest BCUT2D eigenvalue weighted by molar-refractivity contribution is -0.139. The number of nitrogens with one attached hydrogen (secondary N) is 1. The number of hydrogen-bond donors (Lipinski definition) is 2. The van der Waals surface area contributed by atoms with Crippen molar-refractivity contribution in [2.45, 2.75) is 50.6 Å². The molecular weight excluding hydrogens is 408 g/mol. The second kappa shape index (κ2) is 9.42. The first-order valence-electron chi connectivity index (χ1n) is 11.1. The van der Waals surface area contributed by atoms with Crippen LogP contribution < -0.4 is 5.32 Å². The van der Waals surface area contributed by atoms with Crippen LogP contribution in [0.15, 0.2) is 48.5 Å². The molecule has 2 N–H and O–H groups in total. The first-order chi connectivity index (χ1) is 15.5. The molecule has 2 aromatic carbocycles. The number of ether oxygens (including phenoxy) is 1. The van der Waals surface area contributed by atoms with Crippen LogP contribution in [0.25, 0.3) is 11.1 Å². The van der Waals surface area contributed by atoms with Crippen LogP contribution in [0.3, 0.4) is 0 Å². The third-order valence-corrected chi connectivity index (χ3v) is 6.18. The summed E-state index contributed by atoms with van der Waals surface area (Å²) < 4.78 is 5.56. The Bertz CT molecular complexity index is 971. The molecule has 0 heterocycles. The van der Waals surface area contributed by atoms with E-state index in [-0.39, 0.29) is 37.4 Å². The first kappa shape index (κ1) is 21.9. The largest absolute Gasteiger partial charge is 0.481 e. The maximum absolute atomic E-state index is 13.0. The number of amides is 2. The third-order valence-electron chi connectivity index (χ3n) is 6.18. The van der Waals surface area contributed by atoms with Crippen LogP contribution >= 0.6 is 0 Å². The summed E-state index contributed by atoms with van der Waals surface area (Å²) in [6.45, 7) is 2.14. The summed E-state index contributed by atoms with van der Waals surface area (Å²) in [4.78, 5) is 38.1. The van der Waals surface area contributed by atoms with E-state index in [4.69, 9.17) is 9.84 Å². The molecule has 1 atom stereocenters. The Hall–Kier alpha value is -3.35. The number of nitrogens with zero attached hydrogens (tertiary/aromatic N) is 1. The predicted octanol–water partition coefficient (Wildman–Crippen LogP) is 3.77. The van der Waals surface area contributed by atoms with Crippen LogP contribution in [0.5, 0.6) is 0 Å². The van der Waals surface area contributed by atoms with Crippen LogP contribution in [0.2, 0.25) is 0 Å². The number of hydrogen-bond acceptors (Lipinski definition) is 4. The summed E-state index contributed by atoms with van der Waals surface area (Å²) in [5, 5.41) is 11.7. The number of fused-ring (bicyclic) bond motifs is 3. The molecular formula is C25H28N2O5. The maximum atomic E-state index is 13.0. The molecule has 2 amide bonds. The summed E-state index contributed by atoms with van der Waals surface area (Å²) in [7, 11) is 0. The van der Waals surface area contributed by atoms with Crippen molar-refractivity contribution in [3.8, 4) is 11.1 Å². The number of carboxylic acid groups (broad SMARTS) is 1. The highest BCUT2D eigenvalue weighted by atomic mass is 16.5. The van der Waals surface area contributed by atoms with Crippen molar-refractivity contribution in [1.82, 2.24) is 10.2 Å². The van der Waals surface area contributed by atoms with Gasteiger partial charge in [0.15, 0.2) is 0 Å². The van der Waals surface area contributed by atoms with Gasteiger partial charge in [-0.15, -0.1) is 0 Å². The van der Waals surface area contributed by atoms with Gasteiger partial charge in [-0.1, -0.05) is 55.5 Å². The van der Waals surface area contributed by atoms with Gasteiger partial charge >= 0.3 is 12.1 Å². The van der Waals surface area contributed by atoms with Crippen LogP contribution in [-0.4, -0.2) is 53.2 Å². The molecule has 0 unspecified atom stereocenters. The van der Waals surface area contributed by atoms with E-state index >= 15 is 0 Å². The average Bonchev–Trinajstić information content (AvgIpc) is 3.58. The highest BCUT2D eigenvalue weighted by Crippen LogP contribution is 2.44. The van der Waals surface area contributed by atoms with Crippen molar-refractivity contribution < 1.29 is 24.2 Å². The van der Waals surface area contributed by atoms with Crippen LogP contribution in [0, 0.1) is 0 Å². The number of carboxylic acids is 1. The number of alkyl carbamates (subject to hydrolysis) is 1. The van der Waals surface area contributed by atoms with Crippen molar-refractivity contribution in [3.63, 3.8) is 0 Å². The normalized spacial score (nSPS) is 15.4. The van der Waals surface area contributed by atoms with Crippen LogP contribution in [-0.2, 0) is 14.3 Å². The van der Waals surface area contributed by atoms with Crippen molar-refractivity contribution in [2.75, 3.05) is 13.2 Å². The molecule has 1 fully saturated rings. The Morgan fingerprint density at radius 1 is 1.06 bits per heavy atom. The molecule has 2 aliphatic carbocycles. The smallest absolute Gasteiger partial charge is 0.407 e. The van der Waals surface area contributed by atoms with E-state index in [1.54, 1.807) is 4.90 Å². The SMILES string of the molecule is CC[C@H](NC(=O)OCC1c2ccccc2-c2ccccc21)C(=O)N(CCC(=O)O)C1CC1. The van der Waals surface area contributed by atoms with Crippen molar-refractivity contribution in [1.29, 1.82) is 0 Å². The molecule has 7 nitrogen and oxygen atoms in total. The molecule has 0 aromatic heterocycles. The number of carbonyl (C=O) groups is 3. The number of rotatable bonds is 9. The van der Waals surface area contributed by atoms with Gasteiger partial charge < -0.3 is 20.1 Å². The van der Waals surface area contributed by atoms with Gasteiger partial charge in [0, 0.05) is 18.5 Å². The van der Waals surface area contributed by atoms with Gasteiger partial charge in [-0.3, -0.25) is 9.59 Å². The minimum Gasteiger partial charge on any atom is -0.481 e. The zero-order valence-corrected chi connectivity index (χ0v) is 18.1. The fourth-order valence-corrected chi connectivity index (χ4v) is 4.40. The molecule has 2 aromatic rings. The maximum Gasteiger partial charge on any atom is 0.407 e. The summed E-state index contributed by atoms with van der Waals surface area (Å²) in [5.41, 5.74) is 4.55. The molecule has 0 saturated heterocycles. The standard InChI is InChI=1S/C25H28N2O5/c1-2-22(24(30)27(16-11-12-16)14-13-23(28)29)26-25(31)32-15-21-19-9-5-3-7-17(19)18-8-4-6-10-20(18)21/h3-10,16,21-22H,2,11-15H2,1H3,(H,26,31)(H,28,29)/t22-/m0/s1. The van der Waals surface area contributed by atoms with Crippen molar-refractivity contribution in [3.05, 3.63) is 59.7 Å². The van der Waals surface area contributed by atoms with Gasteiger partial charge in [-0.25, -0.2) is 4.79 Å². The quantitative estimate of drug-likeness (QED) is 0.624. The molecule has 0 radical (unpaired) electrons. The van der Waals surface area contributed by atoms with E-state index in [0.717, 1.165) is 35.1 Å². The second-order valence-corrected chi connectivity index (χ2v) is 8.34. The molecule has 0 spiro atoms. The van der Waals surface area contributed by atoms with Gasteiger partial charge in [0.25, 0.3) is 0 Å².